The largest absolute Gasteiger partial charge is 0.468 e. The molecule has 6 nitrogen and oxygen atoms in total. The van der Waals surface area contributed by atoms with Gasteiger partial charge in [0.1, 0.15) is 12.7 Å². The SMILES string of the molecule is CC(CO)OCC(C)N(C)C(=S)OCC1CNCC(C)O1. The Kier molecular flexibility index (Phi) is 8.43. The van der Waals surface area contributed by atoms with E-state index in [2.05, 4.69) is 5.32 Å². The molecule has 1 saturated heterocycles. The maximum atomic E-state index is 8.94. The molecular weight excluding hydrogens is 292 g/mol. The van der Waals surface area contributed by atoms with Crippen LogP contribution in [-0.2, 0) is 14.2 Å². The van der Waals surface area contributed by atoms with Crippen LogP contribution in [0.25, 0.3) is 0 Å². The Labute approximate surface area is 132 Å². The third-order valence-electron chi connectivity index (χ3n) is 3.45. The third kappa shape index (κ3) is 6.88. The summed E-state index contributed by atoms with van der Waals surface area (Å²) >= 11 is 5.28. The van der Waals surface area contributed by atoms with Gasteiger partial charge in [-0.3, -0.25) is 0 Å². The Morgan fingerprint density at radius 2 is 2.19 bits per heavy atom. The van der Waals surface area contributed by atoms with Crippen molar-refractivity contribution >= 4 is 17.4 Å². The van der Waals surface area contributed by atoms with E-state index in [0.717, 1.165) is 13.1 Å². The lowest BCUT2D eigenvalue weighted by Gasteiger charge is -2.31. The van der Waals surface area contributed by atoms with E-state index in [9.17, 15) is 0 Å². The van der Waals surface area contributed by atoms with Crippen LogP contribution in [0.3, 0.4) is 0 Å². The molecule has 4 atom stereocenters. The molecule has 0 aliphatic carbocycles. The summed E-state index contributed by atoms with van der Waals surface area (Å²) in [7, 11) is 1.88. The van der Waals surface area contributed by atoms with Crippen LogP contribution in [0, 0.1) is 0 Å². The van der Waals surface area contributed by atoms with E-state index in [-0.39, 0.29) is 31.0 Å². The summed E-state index contributed by atoms with van der Waals surface area (Å²) in [6.07, 6.45) is 0.0607. The fourth-order valence-electron chi connectivity index (χ4n) is 1.88. The molecule has 0 bridgehead atoms. The van der Waals surface area contributed by atoms with Crippen LogP contribution < -0.4 is 5.32 Å². The molecule has 124 valence electrons. The topological polar surface area (TPSA) is 63.2 Å². The molecule has 1 aliphatic heterocycles. The predicted molar refractivity (Wildman–Crippen MR) is 85.5 cm³/mol. The number of likely N-dealkylation sites (N-methyl/N-ethyl adjacent to an activating group) is 1. The number of ether oxygens (including phenoxy) is 3. The van der Waals surface area contributed by atoms with Crippen molar-refractivity contribution in [3.05, 3.63) is 0 Å². The van der Waals surface area contributed by atoms with Crippen molar-refractivity contribution in [2.24, 2.45) is 0 Å². The zero-order chi connectivity index (χ0) is 15.8. The molecule has 0 saturated carbocycles. The van der Waals surface area contributed by atoms with E-state index >= 15 is 0 Å². The van der Waals surface area contributed by atoms with Gasteiger partial charge >= 0.3 is 0 Å². The standard InChI is InChI=1S/C14H28N2O4S/c1-10(8-18-12(3)7-17)16(4)14(21)19-9-13-6-15-5-11(2)20-13/h10-13,15,17H,5-9H2,1-4H3. The molecule has 7 heteroatoms. The van der Waals surface area contributed by atoms with E-state index in [1.165, 1.54) is 0 Å². The average Bonchev–Trinajstić information content (AvgIpc) is 2.49. The zero-order valence-electron chi connectivity index (χ0n) is 13.4. The molecule has 1 fully saturated rings. The van der Waals surface area contributed by atoms with Crippen molar-refractivity contribution in [3.8, 4) is 0 Å². The first kappa shape index (κ1) is 18.6. The minimum atomic E-state index is -0.168. The molecule has 0 aromatic heterocycles. The number of rotatable bonds is 7. The molecular formula is C14H28N2O4S. The number of morpholine rings is 1. The number of nitrogens with zero attached hydrogens (tertiary/aromatic N) is 1. The molecule has 1 heterocycles. The summed E-state index contributed by atoms with van der Waals surface area (Å²) < 4.78 is 16.9. The summed E-state index contributed by atoms with van der Waals surface area (Å²) in [5.74, 6) is 0. The number of thiocarbonyl (C=S) groups is 1. The van der Waals surface area contributed by atoms with Gasteiger partial charge in [-0.25, -0.2) is 0 Å². The number of aliphatic hydroxyl groups excluding tert-OH is 1. The van der Waals surface area contributed by atoms with E-state index in [0.29, 0.717) is 18.4 Å². The van der Waals surface area contributed by atoms with Crippen molar-refractivity contribution in [1.29, 1.82) is 0 Å². The molecule has 0 spiro atoms. The highest BCUT2D eigenvalue weighted by Crippen LogP contribution is 2.06. The van der Waals surface area contributed by atoms with Crippen molar-refractivity contribution < 1.29 is 19.3 Å². The monoisotopic (exact) mass is 320 g/mol. The van der Waals surface area contributed by atoms with Crippen LogP contribution in [0.5, 0.6) is 0 Å². The van der Waals surface area contributed by atoms with E-state index < -0.39 is 0 Å². The minimum absolute atomic E-state index is 0.0155. The van der Waals surface area contributed by atoms with Crippen molar-refractivity contribution in [1.82, 2.24) is 10.2 Å². The molecule has 2 N–H and O–H groups in total. The zero-order valence-corrected chi connectivity index (χ0v) is 14.2. The number of aliphatic hydroxyl groups is 1. The molecule has 21 heavy (non-hydrogen) atoms. The van der Waals surface area contributed by atoms with Crippen LogP contribution in [0.1, 0.15) is 20.8 Å². The number of hydrogen-bond donors (Lipinski definition) is 2. The predicted octanol–water partition coefficient (Wildman–Crippen LogP) is 0.383. The minimum Gasteiger partial charge on any atom is -0.468 e. The summed E-state index contributed by atoms with van der Waals surface area (Å²) in [5, 5.41) is 12.7. The van der Waals surface area contributed by atoms with E-state index in [4.69, 9.17) is 31.5 Å². The first-order chi connectivity index (χ1) is 9.93. The summed E-state index contributed by atoms with van der Waals surface area (Å²) in [6, 6.07) is 0.0795. The second-order valence-corrected chi connectivity index (χ2v) is 5.94. The van der Waals surface area contributed by atoms with Gasteiger partial charge in [0.2, 0.25) is 0 Å². The molecule has 4 unspecified atom stereocenters. The summed E-state index contributed by atoms with van der Waals surface area (Å²) in [6.45, 7) is 8.46. The Bertz CT molecular complexity index is 319. The van der Waals surface area contributed by atoms with E-state index in [1.54, 1.807) is 0 Å². The molecule has 1 aliphatic rings. The van der Waals surface area contributed by atoms with Gasteiger partial charge in [-0.1, -0.05) is 0 Å². The van der Waals surface area contributed by atoms with Crippen LogP contribution in [0.2, 0.25) is 0 Å². The fourth-order valence-corrected chi connectivity index (χ4v) is 2.13. The van der Waals surface area contributed by atoms with Gasteiger partial charge in [0.15, 0.2) is 0 Å². The van der Waals surface area contributed by atoms with E-state index in [1.807, 2.05) is 32.7 Å². The van der Waals surface area contributed by atoms with Gasteiger partial charge in [-0.15, -0.1) is 0 Å². The third-order valence-corrected chi connectivity index (χ3v) is 3.86. The summed E-state index contributed by atoms with van der Waals surface area (Å²) in [5.41, 5.74) is 0. The normalized spacial score (nSPS) is 25.2. The Balaban J connectivity index is 2.26. The fraction of sp³-hybridized carbons (Fsp3) is 0.929. The van der Waals surface area contributed by atoms with Crippen LogP contribution >= 0.6 is 12.2 Å². The highest BCUT2D eigenvalue weighted by molar-refractivity contribution is 7.80. The van der Waals surface area contributed by atoms with Crippen LogP contribution in [0.15, 0.2) is 0 Å². The molecule has 0 amide bonds. The van der Waals surface area contributed by atoms with Crippen molar-refractivity contribution in [2.45, 2.75) is 45.1 Å². The lowest BCUT2D eigenvalue weighted by Crippen LogP contribution is -2.46. The van der Waals surface area contributed by atoms with Crippen LogP contribution in [0.4, 0.5) is 0 Å². The summed E-state index contributed by atoms with van der Waals surface area (Å²) in [4.78, 5) is 1.86. The maximum Gasteiger partial charge on any atom is 0.259 e. The van der Waals surface area contributed by atoms with Gasteiger partial charge < -0.3 is 29.5 Å². The molecule has 0 radical (unpaired) electrons. The quantitative estimate of drug-likeness (QED) is 0.658. The van der Waals surface area contributed by atoms with Crippen LogP contribution in [-0.4, -0.2) is 79.5 Å². The molecule has 0 aromatic carbocycles. The smallest absolute Gasteiger partial charge is 0.259 e. The Hall–Kier alpha value is -0.470. The van der Waals surface area contributed by atoms with Crippen molar-refractivity contribution in [3.63, 3.8) is 0 Å². The first-order valence-electron chi connectivity index (χ1n) is 7.42. The maximum absolute atomic E-state index is 8.94. The highest BCUT2D eigenvalue weighted by atomic mass is 32.1. The first-order valence-corrected chi connectivity index (χ1v) is 7.83. The second kappa shape index (κ2) is 9.53. The lowest BCUT2D eigenvalue weighted by atomic mass is 10.2. The van der Waals surface area contributed by atoms with Gasteiger partial charge in [0.25, 0.3) is 5.17 Å². The van der Waals surface area contributed by atoms with Gasteiger partial charge in [0, 0.05) is 20.1 Å². The lowest BCUT2D eigenvalue weighted by molar-refractivity contribution is -0.0518. The van der Waals surface area contributed by atoms with Crippen molar-refractivity contribution in [2.75, 3.05) is 40.0 Å². The Morgan fingerprint density at radius 3 is 2.81 bits per heavy atom. The number of hydrogen-bond acceptors (Lipinski definition) is 6. The average molecular weight is 320 g/mol. The molecule has 1 rings (SSSR count). The Morgan fingerprint density at radius 1 is 1.48 bits per heavy atom. The van der Waals surface area contributed by atoms with Gasteiger partial charge in [0.05, 0.1) is 31.5 Å². The van der Waals surface area contributed by atoms with Gasteiger partial charge in [-0.05, 0) is 33.0 Å². The number of nitrogens with one attached hydrogen (secondary N) is 1. The molecule has 0 aromatic rings. The highest BCUT2D eigenvalue weighted by Gasteiger charge is 2.21. The van der Waals surface area contributed by atoms with Gasteiger partial charge in [-0.2, -0.15) is 0 Å². The second-order valence-electron chi connectivity index (χ2n) is 5.59.